The molecular formula is C17H18N6. The number of amidine groups is 1. The van der Waals surface area contributed by atoms with Gasteiger partial charge in [-0.1, -0.05) is 24.3 Å². The molecule has 6 heteroatoms. The van der Waals surface area contributed by atoms with E-state index in [2.05, 4.69) is 16.4 Å². The number of aryl methyl sites for hydroxylation is 1. The van der Waals surface area contributed by atoms with Crippen LogP contribution in [0.4, 0.5) is 5.82 Å². The number of anilines is 1. The Bertz CT molecular complexity index is 784. The number of nitrogens with zero attached hydrogens (tertiary/aromatic N) is 2. The lowest BCUT2D eigenvalue weighted by Crippen LogP contribution is -2.13. The number of rotatable bonds is 5. The minimum Gasteiger partial charge on any atom is -0.404 e. The fourth-order valence-electron chi connectivity index (χ4n) is 2.15. The predicted molar refractivity (Wildman–Crippen MR) is 91.5 cm³/mol. The topological polar surface area (TPSA) is 125 Å². The van der Waals surface area contributed by atoms with Gasteiger partial charge in [0.05, 0.1) is 5.56 Å². The Kier molecular flexibility index (Phi) is 4.95. The van der Waals surface area contributed by atoms with Gasteiger partial charge in [-0.15, -0.1) is 0 Å². The summed E-state index contributed by atoms with van der Waals surface area (Å²) in [4.78, 5) is 4.24. The van der Waals surface area contributed by atoms with Crippen LogP contribution in [0.25, 0.3) is 5.57 Å². The summed E-state index contributed by atoms with van der Waals surface area (Å²) in [7, 11) is 0. The number of nitrogens with two attached hydrogens (primary N) is 2. The van der Waals surface area contributed by atoms with Gasteiger partial charge in [-0.2, -0.15) is 5.26 Å². The third-order valence-corrected chi connectivity index (χ3v) is 3.39. The molecule has 1 aromatic heterocycles. The first-order valence-corrected chi connectivity index (χ1v) is 7.01. The first-order chi connectivity index (χ1) is 11.0. The van der Waals surface area contributed by atoms with Crippen molar-refractivity contribution in [3.05, 3.63) is 65.0 Å². The highest BCUT2D eigenvalue weighted by Crippen LogP contribution is 2.16. The minimum absolute atomic E-state index is 0.0595. The molecule has 0 aliphatic rings. The molecule has 0 saturated heterocycles. The number of benzene rings is 1. The molecule has 0 spiro atoms. The molecule has 0 aliphatic carbocycles. The lowest BCUT2D eigenvalue weighted by molar-refractivity contribution is 1.09. The lowest BCUT2D eigenvalue weighted by Gasteiger charge is -2.10. The van der Waals surface area contributed by atoms with Gasteiger partial charge in [0.2, 0.25) is 0 Å². The smallest absolute Gasteiger partial charge is 0.129 e. The largest absolute Gasteiger partial charge is 0.404 e. The highest BCUT2D eigenvalue weighted by atomic mass is 15.0. The molecule has 1 heterocycles. The Morgan fingerprint density at radius 1 is 1.39 bits per heavy atom. The zero-order valence-electron chi connectivity index (χ0n) is 12.8. The fraction of sp³-hybridized carbons (Fsp3) is 0.118. The molecule has 0 bridgehead atoms. The van der Waals surface area contributed by atoms with Crippen LogP contribution in [0, 0.1) is 23.7 Å². The third kappa shape index (κ3) is 3.86. The van der Waals surface area contributed by atoms with Crippen molar-refractivity contribution in [1.29, 1.82) is 10.7 Å². The van der Waals surface area contributed by atoms with Gasteiger partial charge in [0.1, 0.15) is 17.7 Å². The van der Waals surface area contributed by atoms with Crippen LogP contribution in [0.5, 0.6) is 0 Å². The molecule has 0 aliphatic heterocycles. The molecule has 6 N–H and O–H groups in total. The number of pyridine rings is 1. The zero-order chi connectivity index (χ0) is 16.8. The SMILES string of the molecule is Cc1cc(C#N)cnc1NCc1ccc(/C(=C/N)C(=N)N)cc1. The number of nitriles is 1. The van der Waals surface area contributed by atoms with Crippen LogP contribution in [0.1, 0.15) is 22.3 Å². The molecule has 6 nitrogen and oxygen atoms in total. The average Bonchev–Trinajstić information content (AvgIpc) is 2.55. The van der Waals surface area contributed by atoms with E-state index in [1.165, 1.54) is 6.20 Å². The van der Waals surface area contributed by atoms with E-state index < -0.39 is 0 Å². The maximum Gasteiger partial charge on any atom is 0.129 e. The summed E-state index contributed by atoms with van der Waals surface area (Å²) in [6, 6.07) is 11.5. The average molecular weight is 306 g/mol. The summed E-state index contributed by atoms with van der Waals surface area (Å²) in [6.07, 6.45) is 2.88. The van der Waals surface area contributed by atoms with Crippen LogP contribution in [-0.4, -0.2) is 10.8 Å². The standard InChI is InChI=1S/C17H18N6/c1-11-6-13(7-18)10-23-17(11)22-9-12-2-4-14(5-3-12)15(8-19)16(20)21/h2-6,8,10H,9,19H2,1H3,(H3,20,21)(H,22,23)/b15-8-. The Labute approximate surface area is 135 Å². The van der Waals surface area contributed by atoms with Crippen LogP contribution >= 0.6 is 0 Å². The second-order valence-electron chi connectivity index (χ2n) is 5.05. The van der Waals surface area contributed by atoms with Crippen molar-refractivity contribution in [3.8, 4) is 6.07 Å². The molecule has 0 amide bonds. The summed E-state index contributed by atoms with van der Waals surface area (Å²) in [6.45, 7) is 2.51. The molecule has 2 aromatic rings. The second kappa shape index (κ2) is 7.09. The molecule has 2 rings (SSSR count). The highest BCUT2D eigenvalue weighted by Gasteiger charge is 2.05. The van der Waals surface area contributed by atoms with E-state index in [1.807, 2.05) is 31.2 Å². The van der Waals surface area contributed by atoms with Crippen LogP contribution in [0.15, 0.2) is 42.7 Å². The Hall–Kier alpha value is -3.33. The van der Waals surface area contributed by atoms with Gasteiger partial charge >= 0.3 is 0 Å². The number of aromatic nitrogens is 1. The fourth-order valence-corrected chi connectivity index (χ4v) is 2.15. The quantitative estimate of drug-likeness (QED) is 0.497. The van der Waals surface area contributed by atoms with E-state index in [0.717, 1.165) is 22.5 Å². The summed E-state index contributed by atoms with van der Waals surface area (Å²) in [5, 5.41) is 19.6. The zero-order valence-corrected chi connectivity index (χ0v) is 12.8. The highest BCUT2D eigenvalue weighted by molar-refractivity contribution is 6.20. The van der Waals surface area contributed by atoms with E-state index in [9.17, 15) is 0 Å². The third-order valence-electron chi connectivity index (χ3n) is 3.39. The first-order valence-electron chi connectivity index (χ1n) is 7.01. The van der Waals surface area contributed by atoms with Gasteiger partial charge in [-0.3, -0.25) is 5.41 Å². The number of nitrogens with one attached hydrogen (secondary N) is 2. The summed E-state index contributed by atoms with van der Waals surface area (Å²) >= 11 is 0. The molecular weight excluding hydrogens is 288 g/mol. The van der Waals surface area contributed by atoms with Crippen molar-refractivity contribution >= 4 is 17.2 Å². The van der Waals surface area contributed by atoms with Gasteiger partial charge in [-0.05, 0) is 29.7 Å². The van der Waals surface area contributed by atoms with Crippen molar-refractivity contribution in [2.75, 3.05) is 5.32 Å². The van der Waals surface area contributed by atoms with Gasteiger partial charge in [0, 0.05) is 24.5 Å². The molecule has 23 heavy (non-hydrogen) atoms. The Morgan fingerprint density at radius 2 is 2.09 bits per heavy atom. The molecule has 1 aromatic carbocycles. The molecule has 0 saturated carbocycles. The molecule has 116 valence electrons. The normalized spacial score (nSPS) is 10.9. The Morgan fingerprint density at radius 3 is 2.61 bits per heavy atom. The van der Waals surface area contributed by atoms with Crippen molar-refractivity contribution in [2.45, 2.75) is 13.5 Å². The molecule has 0 unspecified atom stereocenters. The van der Waals surface area contributed by atoms with Crippen molar-refractivity contribution < 1.29 is 0 Å². The molecule has 0 radical (unpaired) electrons. The van der Waals surface area contributed by atoms with Gasteiger partial charge in [0.25, 0.3) is 0 Å². The van der Waals surface area contributed by atoms with Gasteiger partial charge in [-0.25, -0.2) is 4.98 Å². The van der Waals surface area contributed by atoms with Crippen molar-refractivity contribution in [1.82, 2.24) is 4.98 Å². The summed E-state index contributed by atoms with van der Waals surface area (Å²) in [5.74, 6) is 0.690. The number of hydrogen-bond acceptors (Lipinski definition) is 5. The maximum absolute atomic E-state index is 8.84. The van der Waals surface area contributed by atoms with Crippen LogP contribution < -0.4 is 16.8 Å². The number of hydrogen-bond donors (Lipinski definition) is 4. The van der Waals surface area contributed by atoms with Crippen LogP contribution in [-0.2, 0) is 6.54 Å². The van der Waals surface area contributed by atoms with Gasteiger partial charge in [0.15, 0.2) is 0 Å². The minimum atomic E-state index is -0.0595. The monoisotopic (exact) mass is 306 g/mol. The van der Waals surface area contributed by atoms with Crippen molar-refractivity contribution in [2.24, 2.45) is 11.5 Å². The predicted octanol–water partition coefficient (Wildman–Crippen LogP) is 2.11. The summed E-state index contributed by atoms with van der Waals surface area (Å²) < 4.78 is 0. The van der Waals surface area contributed by atoms with E-state index in [1.54, 1.807) is 12.3 Å². The first kappa shape index (κ1) is 16.0. The Balaban J connectivity index is 2.08. The second-order valence-corrected chi connectivity index (χ2v) is 5.05. The van der Waals surface area contributed by atoms with E-state index in [0.29, 0.717) is 17.7 Å². The van der Waals surface area contributed by atoms with Crippen LogP contribution in [0.3, 0.4) is 0 Å². The van der Waals surface area contributed by atoms with Gasteiger partial charge < -0.3 is 16.8 Å². The molecule has 0 atom stereocenters. The maximum atomic E-state index is 8.84. The lowest BCUT2D eigenvalue weighted by atomic mass is 10.0. The van der Waals surface area contributed by atoms with Crippen LogP contribution in [0.2, 0.25) is 0 Å². The molecule has 0 fully saturated rings. The van der Waals surface area contributed by atoms with E-state index in [4.69, 9.17) is 22.1 Å². The summed E-state index contributed by atoms with van der Waals surface area (Å²) in [5.41, 5.74) is 14.8. The van der Waals surface area contributed by atoms with E-state index in [-0.39, 0.29) is 5.84 Å². The van der Waals surface area contributed by atoms with E-state index >= 15 is 0 Å². The van der Waals surface area contributed by atoms with Crippen molar-refractivity contribution in [3.63, 3.8) is 0 Å².